The summed E-state index contributed by atoms with van der Waals surface area (Å²) in [6, 6.07) is 4.85. The number of methoxy groups -OCH3 is 1. The molecule has 1 aromatic rings. The number of anilines is 1. The first-order valence-corrected chi connectivity index (χ1v) is 8.44. The van der Waals surface area contributed by atoms with Crippen LogP contribution in [0.4, 0.5) is 10.5 Å². The van der Waals surface area contributed by atoms with Crippen molar-refractivity contribution >= 4 is 23.6 Å². The van der Waals surface area contributed by atoms with Crippen LogP contribution in [0.5, 0.6) is 0 Å². The van der Waals surface area contributed by atoms with Gasteiger partial charge in [-0.2, -0.15) is 0 Å². The summed E-state index contributed by atoms with van der Waals surface area (Å²) in [5.74, 6) is -0.466. The van der Waals surface area contributed by atoms with Crippen LogP contribution in [0.15, 0.2) is 18.2 Å². The topological polar surface area (TPSA) is 102 Å². The maximum Gasteiger partial charge on any atom is 0.337 e. The largest absolute Gasteiger partial charge is 0.465 e. The Hall–Kier alpha value is -2.57. The first kappa shape index (κ1) is 18.8. The summed E-state index contributed by atoms with van der Waals surface area (Å²) in [6.45, 7) is 3.14. The molecule has 136 valence electrons. The number of likely N-dealkylation sites (tertiary alicyclic amines) is 1. The van der Waals surface area contributed by atoms with E-state index in [9.17, 15) is 14.4 Å². The van der Waals surface area contributed by atoms with Crippen LogP contribution in [0.25, 0.3) is 0 Å². The number of hydrogen-bond acceptors (Lipinski definition) is 4. The summed E-state index contributed by atoms with van der Waals surface area (Å²) in [5.41, 5.74) is 7.05. The lowest BCUT2D eigenvalue weighted by atomic mass is 9.93. The summed E-state index contributed by atoms with van der Waals surface area (Å²) >= 11 is 0. The van der Waals surface area contributed by atoms with Gasteiger partial charge in [0.05, 0.1) is 12.7 Å². The Bertz CT molecular complexity index is 660. The Balaban J connectivity index is 2.01. The summed E-state index contributed by atoms with van der Waals surface area (Å²) in [7, 11) is 1.32. The van der Waals surface area contributed by atoms with Crippen LogP contribution in [0.3, 0.4) is 0 Å². The molecule has 1 unspecified atom stereocenters. The zero-order valence-electron chi connectivity index (χ0n) is 14.7. The van der Waals surface area contributed by atoms with Crippen molar-refractivity contribution < 1.29 is 19.1 Å². The minimum absolute atomic E-state index is 0.200. The number of nitrogens with two attached hydrogens (primary N) is 1. The van der Waals surface area contributed by atoms with Crippen molar-refractivity contribution in [3.8, 4) is 0 Å². The van der Waals surface area contributed by atoms with Gasteiger partial charge >= 0.3 is 12.0 Å². The molecule has 0 radical (unpaired) electrons. The van der Waals surface area contributed by atoms with E-state index in [4.69, 9.17) is 10.5 Å². The lowest BCUT2D eigenvalue weighted by molar-refractivity contribution is -0.118. The van der Waals surface area contributed by atoms with Crippen LogP contribution >= 0.6 is 0 Å². The van der Waals surface area contributed by atoms with Crippen molar-refractivity contribution in [3.05, 3.63) is 29.3 Å². The van der Waals surface area contributed by atoms with E-state index in [0.717, 1.165) is 18.4 Å². The maximum atomic E-state index is 12.6. The molecule has 1 saturated heterocycles. The predicted octanol–water partition coefficient (Wildman–Crippen LogP) is 2.29. The molecule has 0 aromatic heterocycles. The van der Waals surface area contributed by atoms with Crippen molar-refractivity contribution in [1.82, 2.24) is 4.90 Å². The Morgan fingerprint density at radius 2 is 2.12 bits per heavy atom. The summed E-state index contributed by atoms with van der Waals surface area (Å²) < 4.78 is 4.71. The fourth-order valence-electron chi connectivity index (χ4n) is 3.03. The highest BCUT2D eigenvalue weighted by Crippen LogP contribution is 2.23. The van der Waals surface area contributed by atoms with Gasteiger partial charge in [-0.25, -0.2) is 9.59 Å². The molecule has 0 spiro atoms. The van der Waals surface area contributed by atoms with Crippen molar-refractivity contribution in [1.29, 1.82) is 0 Å². The van der Waals surface area contributed by atoms with Crippen molar-refractivity contribution in [2.75, 3.05) is 25.5 Å². The molecular weight excluding hydrogens is 322 g/mol. The van der Waals surface area contributed by atoms with Crippen LogP contribution in [-0.4, -0.2) is 43.0 Å². The number of ether oxygens (including phenoxy) is 1. The molecule has 7 nitrogen and oxygen atoms in total. The lowest BCUT2D eigenvalue weighted by Gasteiger charge is -2.32. The summed E-state index contributed by atoms with van der Waals surface area (Å²) in [4.78, 5) is 36.9. The maximum absolute atomic E-state index is 12.6. The Labute approximate surface area is 147 Å². The number of aryl methyl sites for hydroxylation is 1. The average Bonchev–Trinajstić information content (AvgIpc) is 2.61. The second-order valence-corrected chi connectivity index (χ2v) is 6.41. The standard InChI is InChI=1S/C18H25N3O4/c1-12-5-7-14(17(23)25-2)10-15(12)20-18(24)21-9-3-4-13(11-21)6-8-16(19)22/h5,7,10,13H,3-4,6,8-9,11H2,1-2H3,(H2,19,22)(H,20,24). The molecule has 1 aliphatic heterocycles. The van der Waals surface area contributed by atoms with Gasteiger partial charge in [-0.05, 0) is 49.8 Å². The third-order valence-corrected chi connectivity index (χ3v) is 4.51. The first-order valence-electron chi connectivity index (χ1n) is 8.44. The highest BCUT2D eigenvalue weighted by Gasteiger charge is 2.24. The molecule has 1 heterocycles. The second kappa shape index (κ2) is 8.50. The van der Waals surface area contributed by atoms with Gasteiger partial charge in [0.15, 0.2) is 0 Å². The van der Waals surface area contributed by atoms with Crippen LogP contribution in [0.1, 0.15) is 41.6 Å². The molecule has 7 heteroatoms. The van der Waals surface area contributed by atoms with E-state index in [2.05, 4.69) is 5.32 Å². The van der Waals surface area contributed by atoms with Crippen molar-refractivity contribution in [2.45, 2.75) is 32.6 Å². The number of primary amides is 1. The Kier molecular flexibility index (Phi) is 6.38. The number of esters is 1. The highest BCUT2D eigenvalue weighted by atomic mass is 16.5. The number of urea groups is 1. The van der Waals surface area contributed by atoms with E-state index < -0.39 is 5.97 Å². The number of carbonyl (C=O) groups excluding carboxylic acids is 3. The van der Waals surface area contributed by atoms with E-state index in [0.29, 0.717) is 37.2 Å². The minimum Gasteiger partial charge on any atom is -0.465 e. The molecule has 1 atom stereocenters. The summed E-state index contributed by atoms with van der Waals surface area (Å²) in [6.07, 6.45) is 2.95. The molecule has 25 heavy (non-hydrogen) atoms. The first-order chi connectivity index (χ1) is 11.9. The van der Waals surface area contributed by atoms with Gasteiger partial charge in [0, 0.05) is 25.2 Å². The number of rotatable bonds is 5. The molecule has 1 fully saturated rings. The van der Waals surface area contributed by atoms with Gasteiger partial charge in [0.1, 0.15) is 0 Å². The zero-order valence-corrected chi connectivity index (χ0v) is 14.7. The second-order valence-electron chi connectivity index (χ2n) is 6.41. The quantitative estimate of drug-likeness (QED) is 0.798. The lowest BCUT2D eigenvalue weighted by Crippen LogP contribution is -2.42. The highest BCUT2D eigenvalue weighted by molar-refractivity contribution is 5.94. The van der Waals surface area contributed by atoms with Crippen LogP contribution in [-0.2, 0) is 9.53 Å². The van der Waals surface area contributed by atoms with E-state index in [1.807, 2.05) is 6.92 Å². The molecular formula is C18H25N3O4. The third-order valence-electron chi connectivity index (χ3n) is 4.51. The van der Waals surface area contributed by atoms with E-state index in [1.54, 1.807) is 23.1 Å². The number of carbonyl (C=O) groups is 3. The smallest absolute Gasteiger partial charge is 0.337 e. The molecule has 3 N–H and O–H groups in total. The van der Waals surface area contributed by atoms with Gasteiger partial charge in [-0.1, -0.05) is 6.07 Å². The van der Waals surface area contributed by atoms with E-state index in [-0.39, 0.29) is 17.9 Å². The fraction of sp³-hybridized carbons (Fsp3) is 0.500. The SMILES string of the molecule is COC(=O)c1ccc(C)c(NC(=O)N2CCCC(CCC(N)=O)C2)c1. The molecule has 0 bridgehead atoms. The van der Waals surface area contributed by atoms with Crippen molar-refractivity contribution in [3.63, 3.8) is 0 Å². The zero-order chi connectivity index (χ0) is 18.4. The number of nitrogens with zero attached hydrogens (tertiary/aromatic N) is 1. The number of piperidine rings is 1. The fourth-order valence-corrected chi connectivity index (χ4v) is 3.03. The monoisotopic (exact) mass is 347 g/mol. The molecule has 1 aromatic carbocycles. The summed E-state index contributed by atoms with van der Waals surface area (Å²) in [5, 5.41) is 2.87. The van der Waals surface area contributed by atoms with Crippen LogP contribution in [0.2, 0.25) is 0 Å². The van der Waals surface area contributed by atoms with Crippen molar-refractivity contribution in [2.24, 2.45) is 11.7 Å². The van der Waals surface area contributed by atoms with Gasteiger partial charge in [0.2, 0.25) is 5.91 Å². The number of amides is 3. The van der Waals surface area contributed by atoms with Gasteiger partial charge in [0.25, 0.3) is 0 Å². The average molecular weight is 347 g/mol. The van der Waals surface area contributed by atoms with Crippen LogP contribution < -0.4 is 11.1 Å². The molecule has 2 rings (SSSR count). The van der Waals surface area contributed by atoms with Gasteiger partial charge < -0.3 is 20.7 Å². The number of nitrogens with one attached hydrogen (secondary N) is 1. The number of hydrogen-bond donors (Lipinski definition) is 2. The molecule has 0 aliphatic carbocycles. The third kappa shape index (κ3) is 5.20. The predicted molar refractivity (Wildman–Crippen MR) is 94.3 cm³/mol. The Morgan fingerprint density at radius 1 is 1.36 bits per heavy atom. The molecule has 0 saturated carbocycles. The minimum atomic E-state index is -0.444. The van der Waals surface area contributed by atoms with Gasteiger partial charge in [-0.15, -0.1) is 0 Å². The van der Waals surface area contributed by atoms with Crippen LogP contribution in [0, 0.1) is 12.8 Å². The Morgan fingerprint density at radius 3 is 2.80 bits per heavy atom. The van der Waals surface area contributed by atoms with E-state index in [1.165, 1.54) is 7.11 Å². The van der Waals surface area contributed by atoms with E-state index >= 15 is 0 Å². The molecule has 1 aliphatic rings. The van der Waals surface area contributed by atoms with Gasteiger partial charge in [-0.3, -0.25) is 4.79 Å². The molecule has 3 amide bonds. The number of benzene rings is 1. The normalized spacial score (nSPS) is 17.0.